The maximum atomic E-state index is 12.8. The smallest absolute Gasteiger partial charge is 0.304 e. The van der Waals surface area contributed by atoms with E-state index in [0.717, 1.165) is 0 Å². The van der Waals surface area contributed by atoms with Crippen LogP contribution in [0, 0.1) is 5.82 Å². The van der Waals surface area contributed by atoms with Crippen LogP contribution >= 0.6 is 0 Å². The van der Waals surface area contributed by atoms with Gasteiger partial charge in [-0.25, -0.2) is 4.39 Å². The van der Waals surface area contributed by atoms with Gasteiger partial charge in [-0.05, 0) is 17.7 Å². The van der Waals surface area contributed by atoms with Gasteiger partial charge in [0.1, 0.15) is 5.82 Å². The summed E-state index contributed by atoms with van der Waals surface area (Å²) in [7, 11) is 0. The average Bonchev–Trinajstić information content (AvgIpc) is 2.61. The first-order valence-corrected chi connectivity index (χ1v) is 5.26. The maximum absolute atomic E-state index is 12.8. The van der Waals surface area contributed by atoms with Gasteiger partial charge in [-0.1, -0.05) is 12.1 Å². The summed E-state index contributed by atoms with van der Waals surface area (Å²) >= 11 is 0. The molecule has 0 aromatic heterocycles. The lowest BCUT2D eigenvalue weighted by Gasteiger charge is -2.25. The second-order valence-corrected chi connectivity index (χ2v) is 4.31. The molecule has 2 rings (SSSR count). The summed E-state index contributed by atoms with van der Waals surface area (Å²) in [5, 5.41) is 11.6. The Morgan fingerprint density at radius 2 is 2.06 bits per heavy atom. The molecule has 90 valence electrons. The van der Waals surface area contributed by atoms with Gasteiger partial charge in [-0.15, -0.1) is 0 Å². The van der Waals surface area contributed by atoms with Crippen LogP contribution < -0.4 is 5.32 Å². The van der Waals surface area contributed by atoms with Gasteiger partial charge in [0, 0.05) is 18.4 Å². The van der Waals surface area contributed by atoms with Crippen molar-refractivity contribution in [3.05, 3.63) is 35.6 Å². The van der Waals surface area contributed by atoms with Crippen LogP contribution in [0.4, 0.5) is 4.39 Å². The molecule has 1 aromatic rings. The van der Waals surface area contributed by atoms with Crippen molar-refractivity contribution in [2.45, 2.75) is 18.3 Å². The van der Waals surface area contributed by atoms with Crippen molar-refractivity contribution < 1.29 is 19.1 Å². The molecule has 0 aliphatic carbocycles. The largest absolute Gasteiger partial charge is 0.481 e. The molecular weight excluding hydrogens is 225 g/mol. The third-order valence-electron chi connectivity index (χ3n) is 3.07. The molecule has 5 heteroatoms. The van der Waals surface area contributed by atoms with Crippen molar-refractivity contribution in [1.29, 1.82) is 0 Å². The van der Waals surface area contributed by atoms with Crippen LogP contribution in [0.25, 0.3) is 0 Å². The highest BCUT2D eigenvalue weighted by Gasteiger charge is 2.41. The molecular formula is C12H12FNO3. The Morgan fingerprint density at radius 3 is 2.53 bits per heavy atom. The minimum absolute atomic E-state index is 0.130. The number of aliphatic carboxylic acids is 1. The molecule has 1 amide bonds. The molecule has 1 unspecified atom stereocenters. The van der Waals surface area contributed by atoms with E-state index in [1.807, 2.05) is 0 Å². The summed E-state index contributed by atoms with van der Waals surface area (Å²) in [5.74, 6) is -1.52. The van der Waals surface area contributed by atoms with E-state index < -0.39 is 11.4 Å². The summed E-state index contributed by atoms with van der Waals surface area (Å²) in [6.45, 7) is 0.282. The van der Waals surface area contributed by atoms with Crippen molar-refractivity contribution in [2.75, 3.05) is 6.54 Å². The summed E-state index contributed by atoms with van der Waals surface area (Å²) in [4.78, 5) is 22.2. The molecule has 2 N–H and O–H groups in total. The van der Waals surface area contributed by atoms with Crippen LogP contribution in [-0.2, 0) is 15.0 Å². The fraction of sp³-hybridized carbons (Fsp3) is 0.333. The highest BCUT2D eigenvalue weighted by atomic mass is 19.1. The molecule has 1 aliphatic rings. The third kappa shape index (κ3) is 2.27. The quantitative estimate of drug-likeness (QED) is 0.826. The number of benzene rings is 1. The minimum atomic E-state index is -0.967. The number of carboxylic acids is 1. The number of amides is 1. The lowest BCUT2D eigenvalue weighted by atomic mass is 9.77. The Balaban J connectivity index is 2.36. The average molecular weight is 237 g/mol. The second-order valence-electron chi connectivity index (χ2n) is 4.31. The van der Waals surface area contributed by atoms with Gasteiger partial charge >= 0.3 is 5.97 Å². The van der Waals surface area contributed by atoms with E-state index in [-0.39, 0.29) is 31.1 Å². The Kier molecular flexibility index (Phi) is 2.83. The topological polar surface area (TPSA) is 66.4 Å². The monoisotopic (exact) mass is 237 g/mol. The van der Waals surface area contributed by atoms with E-state index in [1.165, 1.54) is 12.1 Å². The first-order valence-electron chi connectivity index (χ1n) is 5.26. The standard InChI is InChI=1S/C12H12FNO3/c13-9-3-1-8(2-4-9)12(6-11(16)17)5-10(15)14-7-12/h1-4H,5-7H2,(H,14,15)(H,16,17). The van der Waals surface area contributed by atoms with E-state index in [1.54, 1.807) is 12.1 Å². The molecule has 0 spiro atoms. The second kappa shape index (κ2) is 4.16. The van der Waals surface area contributed by atoms with Gasteiger partial charge < -0.3 is 10.4 Å². The molecule has 1 aromatic carbocycles. The molecule has 0 bridgehead atoms. The van der Waals surface area contributed by atoms with Gasteiger partial charge in [0.2, 0.25) is 5.91 Å². The van der Waals surface area contributed by atoms with Crippen LogP contribution in [-0.4, -0.2) is 23.5 Å². The number of rotatable bonds is 3. The number of carboxylic acid groups (broad SMARTS) is 1. The zero-order chi connectivity index (χ0) is 12.5. The van der Waals surface area contributed by atoms with Crippen molar-refractivity contribution in [3.8, 4) is 0 Å². The summed E-state index contributed by atoms with van der Waals surface area (Å²) in [6.07, 6.45) is -0.0116. The predicted molar refractivity (Wildman–Crippen MR) is 58.0 cm³/mol. The third-order valence-corrected chi connectivity index (χ3v) is 3.07. The van der Waals surface area contributed by atoms with Crippen LogP contribution in [0.2, 0.25) is 0 Å². The zero-order valence-electron chi connectivity index (χ0n) is 9.07. The number of carbonyl (C=O) groups is 2. The van der Waals surface area contributed by atoms with Crippen LogP contribution in [0.15, 0.2) is 24.3 Å². The van der Waals surface area contributed by atoms with Gasteiger partial charge in [-0.3, -0.25) is 9.59 Å². The van der Waals surface area contributed by atoms with Gasteiger partial charge in [0.05, 0.1) is 6.42 Å². The predicted octanol–water partition coefficient (Wildman–Crippen LogP) is 1.06. The number of halogens is 1. The van der Waals surface area contributed by atoms with Crippen LogP contribution in [0.1, 0.15) is 18.4 Å². The van der Waals surface area contributed by atoms with Crippen molar-refractivity contribution in [3.63, 3.8) is 0 Å². The van der Waals surface area contributed by atoms with Gasteiger partial charge in [-0.2, -0.15) is 0 Å². The van der Waals surface area contributed by atoms with Crippen molar-refractivity contribution in [1.82, 2.24) is 5.32 Å². The molecule has 4 nitrogen and oxygen atoms in total. The highest BCUT2D eigenvalue weighted by Crippen LogP contribution is 2.34. The molecule has 1 saturated heterocycles. The molecule has 1 aliphatic heterocycles. The van der Waals surface area contributed by atoms with E-state index in [2.05, 4.69) is 5.32 Å². The van der Waals surface area contributed by atoms with Gasteiger partial charge in [0.15, 0.2) is 0 Å². The zero-order valence-corrected chi connectivity index (χ0v) is 9.07. The number of carbonyl (C=O) groups excluding carboxylic acids is 1. The normalized spacial score (nSPS) is 23.5. The molecule has 17 heavy (non-hydrogen) atoms. The molecule has 0 radical (unpaired) electrons. The van der Waals surface area contributed by atoms with Crippen molar-refractivity contribution in [2.24, 2.45) is 0 Å². The lowest BCUT2D eigenvalue weighted by Crippen LogP contribution is -2.31. The SMILES string of the molecule is O=C(O)CC1(c2ccc(F)cc2)CNC(=O)C1. The summed E-state index contributed by atoms with van der Waals surface area (Å²) in [6, 6.07) is 5.64. The minimum Gasteiger partial charge on any atom is -0.481 e. The number of hydrogen-bond donors (Lipinski definition) is 2. The summed E-state index contributed by atoms with van der Waals surface area (Å²) < 4.78 is 12.8. The van der Waals surface area contributed by atoms with E-state index in [0.29, 0.717) is 5.56 Å². The fourth-order valence-electron chi connectivity index (χ4n) is 2.22. The Morgan fingerprint density at radius 1 is 1.41 bits per heavy atom. The number of nitrogens with one attached hydrogen (secondary N) is 1. The Hall–Kier alpha value is -1.91. The van der Waals surface area contributed by atoms with Crippen LogP contribution in [0.3, 0.4) is 0 Å². The highest BCUT2D eigenvalue weighted by molar-refractivity contribution is 5.82. The van der Waals surface area contributed by atoms with Crippen LogP contribution in [0.5, 0.6) is 0 Å². The number of hydrogen-bond acceptors (Lipinski definition) is 2. The first-order chi connectivity index (χ1) is 8.02. The van der Waals surface area contributed by atoms with E-state index >= 15 is 0 Å². The first kappa shape index (κ1) is 11.6. The van der Waals surface area contributed by atoms with E-state index in [4.69, 9.17) is 5.11 Å². The lowest BCUT2D eigenvalue weighted by molar-refractivity contribution is -0.138. The summed E-state index contributed by atoms with van der Waals surface area (Å²) in [5.41, 5.74) is -0.0731. The molecule has 0 saturated carbocycles. The van der Waals surface area contributed by atoms with Crippen molar-refractivity contribution >= 4 is 11.9 Å². The molecule has 1 heterocycles. The van der Waals surface area contributed by atoms with Gasteiger partial charge in [0.25, 0.3) is 0 Å². The molecule has 1 atom stereocenters. The fourth-order valence-corrected chi connectivity index (χ4v) is 2.22. The van der Waals surface area contributed by atoms with E-state index in [9.17, 15) is 14.0 Å². The maximum Gasteiger partial charge on any atom is 0.304 e. The Bertz CT molecular complexity index is 457. The Labute approximate surface area is 97.4 Å². The molecule has 1 fully saturated rings.